The second kappa shape index (κ2) is 11.3. The summed E-state index contributed by atoms with van der Waals surface area (Å²) in [6.07, 6.45) is 11.0. The number of nitrogens with one attached hydrogen (secondary N) is 2. The normalized spacial score (nSPS) is 26.4. The Balaban J connectivity index is 1.09. The van der Waals surface area contributed by atoms with E-state index in [-0.39, 0.29) is 18.0 Å². The zero-order chi connectivity index (χ0) is 32.7. The third kappa shape index (κ3) is 4.77. The van der Waals surface area contributed by atoms with E-state index < -0.39 is 11.2 Å². The fourth-order valence-corrected chi connectivity index (χ4v) is 9.52. The summed E-state index contributed by atoms with van der Waals surface area (Å²) >= 11 is 0. The Morgan fingerprint density at radius 2 is 1.77 bits per heavy atom. The molecule has 1 spiro atoms. The molecule has 2 aliphatic carbocycles. The monoisotopic (exact) mass is 648 g/mol. The second-order valence-electron chi connectivity index (χ2n) is 15.4. The summed E-state index contributed by atoms with van der Waals surface area (Å²) in [5.74, 6) is 2.12. The molecule has 10 heteroatoms. The van der Waals surface area contributed by atoms with E-state index in [2.05, 4.69) is 62.0 Å². The van der Waals surface area contributed by atoms with Gasteiger partial charge < -0.3 is 20.1 Å². The topological polar surface area (TPSA) is 91.2 Å². The van der Waals surface area contributed by atoms with Crippen molar-refractivity contribution in [3.63, 3.8) is 0 Å². The predicted octanol–water partition coefficient (Wildman–Crippen LogP) is 6.50. The molecule has 2 saturated carbocycles. The molecule has 4 fully saturated rings. The molecule has 5 aliphatic rings. The zero-order valence-electron chi connectivity index (χ0n) is 28.2. The zero-order valence-corrected chi connectivity index (χ0v) is 28.2. The Morgan fingerprint density at radius 1 is 1.00 bits per heavy atom. The lowest BCUT2D eigenvalue weighted by atomic mass is 9.74. The van der Waals surface area contributed by atoms with Gasteiger partial charge in [-0.15, -0.1) is 0 Å². The number of hydrogen-bond donors (Lipinski definition) is 2. The molecule has 9 rings (SSSR count). The van der Waals surface area contributed by atoms with Crippen LogP contribution in [0.15, 0.2) is 42.9 Å². The van der Waals surface area contributed by atoms with Gasteiger partial charge in [0.15, 0.2) is 11.6 Å². The van der Waals surface area contributed by atoms with Crippen LogP contribution in [-0.4, -0.2) is 68.6 Å². The number of aryl methyl sites for hydroxylation is 1. The number of imidazole rings is 1. The van der Waals surface area contributed by atoms with Crippen LogP contribution in [0.25, 0.3) is 22.3 Å². The molecule has 3 aromatic heterocycles. The number of rotatable bonds is 6. The smallest absolute Gasteiger partial charge is 0.238 e. The molecular weight excluding hydrogens is 603 g/mol. The molecule has 2 saturated heterocycles. The van der Waals surface area contributed by atoms with Gasteiger partial charge >= 0.3 is 0 Å². The van der Waals surface area contributed by atoms with Gasteiger partial charge in [-0.1, -0.05) is 12.1 Å². The van der Waals surface area contributed by atoms with Gasteiger partial charge in [0, 0.05) is 48.2 Å². The number of hydrogen-bond acceptors (Lipinski definition) is 7. The van der Waals surface area contributed by atoms with Crippen molar-refractivity contribution in [3.05, 3.63) is 59.9 Å². The second-order valence-corrected chi connectivity index (χ2v) is 15.4. The number of piperidine rings is 2. The van der Waals surface area contributed by atoms with Gasteiger partial charge in [-0.2, -0.15) is 0 Å². The molecule has 48 heavy (non-hydrogen) atoms. The number of nitrogens with zero attached hydrogens (tertiary/aromatic N) is 6. The summed E-state index contributed by atoms with van der Waals surface area (Å²) in [6.45, 7) is 10.2. The molecular formula is C38H45FN8O. The van der Waals surface area contributed by atoms with E-state index in [0.717, 1.165) is 84.2 Å². The molecule has 2 N–H and O–H groups in total. The third-order valence-corrected chi connectivity index (χ3v) is 12.1. The van der Waals surface area contributed by atoms with Gasteiger partial charge in [0.25, 0.3) is 0 Å². The van der Waals surface area contributed by atoms with E-state index in [1.54, 1.807) is 6.07 Å². The lowest BCUT2D eigenvalue weighted by Crippen LogP contribution is -2.59. The maximum absolute atomic E-state index is 14.9. The van der Waals surface area contributed by atoms with Crippen molar-refractivity contribution in [2.24, 2.45) is 11.8 Å². The highest BCUT2D eigenvalue weighted by Crippen LogP contribution is 2.52. The number of halogens is 1. The molecule has 0 radical (unpaired) electrons. The van der Waals surface area contributed by atoms with Crippen molar-refractivity contribution in [1.82, 2.24) is 29.7 Å². The Kier molecular flexibility index (Phi) is 7.13. The maximum atomic E-state index is 14.9. The number of amides is 1. The van der Waals surface area contributed by atoms with Crippen molar-refractivity contribution in [1.29, 1.82) is 0 Å². The first-order chi connectivity index (χ1) is 23.3. The van der Waals surface area contributed by atoms with Crippen molar-refractivity contribution in [3.8, 4) is 11.3 Å². The molecule has 2 unspecified atom stereocenters. The molecule has 2 atom stereocenters. The fourth-order valence-electron chi connectivity index (χ4n) is 9.52. The number of carbonyl (C=O) groups is 1. The standard InChI is InChI=1S/C38H45FN8O/c1-22(2)46-21-42-33-17-31(43-36(35(33)46)44-32-12-23(3)41-18-30(32)39)26-6-7-29-34(14-26)47(37(48)38(29)8-10-40-11-9-38)28-15-27(16-28)45-19-24-4-5-25(13-24)20-45/h6-7,12,14,17-18,21-22,24-25,27-28,40H,4-5,8-11,13,15-16,19-20H2,1-3H3,(H,41,43,44)/t24?,25?,27-,28+. The van der Waals surface area contributed by atoms with Crippen LogP contribution in [0.5, 0.6) is 0 Å². The van der Waals surface area contributed by atoms with Crippen molar-refractivity contribution in [2.75, 3.05) is 36.4 Å². The SMILES string of the molecule is Cc1cc(Nc2nc(-c3ccc4c(c3)N([C@H]3C[C@@H](N5CC6CCC(C6)C5)C3)C(=O)C43CCNCC3)cc3ncn(C(C)C)c23)c(F)cn1. The highest BCUT2D eigenvalue weighted by atomic mass is 19.1. The largest absolute Gasteiger partial charge is 0.336 e. The Labute approximate surface area is 281 Å². The number of benzene rings is 1. The molecule has 9 nitrogen and oxygen atoms in total. The lowest BCUT2D eigenvalue weighted by molar-refractivity contribution is -0.125. The van der Waals surface area contributed by atoms with Crippen LogP contribution in [-0.2, 0) is 10.2 Å². The van der Waals surface area contributed by atoms with Gasteiger partial charge in [0.1, 0.15) is 5.52 Å². The Morgan fingerprint density at radius 3 is 2.52 bits per heavy atom. The Bertz CT molecular complexity index is 1900. The van der Waals surface area contributed by atoms with Crippen LogP contribution in [0.4, 0.5) is 21.6 Å². The van der Waals surface area contributed by atoms with E-state index in [1.165, 1.54) is 38.5 Å². The minimum absolute atomic E-state index is 0.138. The van der Waals surface area contributed by atoms with Gasteiger partial charge in [-0.05, 0) is 114 Å². The van der Waals surface area contributed by atoms with Crippen LogP contribution in [0.3, 0.4) is 0 Å². The number of aromatic nitrogens is 4. The van der Waals surface area contributed by atoms with Crippen molar-refractivity contribution < 1.29 is 9.18 Å². The number of pyridine rings is 2. The van der Waals surface area contributed by atoms with Crippen molar-refractivity contribution >= 4 is 34.1 Å². The van der Waals surface area contributed by atoms with Crippen LogP contribution in [0, 0.1) is 24.6 Å². The minimum atomic E-state index is -0.467. The average molecular weight is 649 g/mol. The first kappa shape index (κ1) is 30.2. The van der Waals surface area contributed by atoms with Crippen LogP contribution >= 0.6 is 0 Å². The van der Waals surface area contributed by atoms with E-state index >= 15 is 0 Å². The van der Waals surface area contributed by atoms with E-state index in [9.17, 15) is 9.18 Å². The number of carbonyl (C=O) groups excluding carboxylic acids is 1. The van der Waals surface area contributed by atoms with Gasteiger partial charge in [0.2, 0.25) is 5.91 Å². The number of likely N-dealkylation sites (tertiary alicyclic amines) is 1. The summed E-state index contributed by atoms with van der Waals surface area (Å²) < 4.78 is 17.0. The third-order valence-electron chi connectivity index (χ3n) is 12.1. The Hall–Kier alpha value is -3.89. The molecule has 3 aliphatic heterocycles. The van der Waals surface area contributed by atoms with Crippen LogP contribution < -0.4 is 15.5 Å². The average Bonchev–Trinajstić information content (AvgIpc) is 3.71. The molecule has 2 bridgehead atoms. The molecule has 4 aromatic rings. The molecule has 6 heterocycles. The van der Waals surface area contributed by atoms with Crippen LogP contribution in [0.2, 0.25) is 0 Å². The van der Waals surface area contributed by atoms with E-state index in [1.807, 2.05) is 19.3 Å². The highest BCUT2D eigenvalue weighted by Gasteiger charge is 2.55. The lowest BCUT2D eigenvalue weighted by Gasteiger charge is -2.49. The summed E-state index contributed by atoms with van der Waals surface area (Å²) in [6, 6.07) is 11.1. The summed E-state index contributed by atoms with van der Waals surface area (Å²) in [7, 11) is 0. The highest BCUT2D eigenvalue weighted by molar-refractivity contribution is 6.09. The van der Waals surface area contributed by atoms with Crippen molar-refractivity contribution in [2.45, 2.75) is 89.3 Å². The number of anilines is 3. The fraction of sp³-hybridized carbons (Fsp3) is 0.526. The van der Waals surface area contributed by atoms with Gasteiger partial charge in [0.05, 0.1) is 34.8 Å². The summed E-state index contributed by atoms with van der Waals surface area (Å²) in [5, 5.41) is 6.77. The van der Waals surface area contributed by atoms with Gasteiger partial charge in [-0.3, -0.25) is 14.7 Å². The van der Waals surface area contributed by atoms with E-state index in [4.69, 9.17) is 9.97 Å². The van der Waals surface area contributed by atoms with Crippen LogP contribution in [0.1, 0.15) is 76.1 Å². The molecule has 250 valence electrons. The number of fused-ring (bicyclic) bond motifs is 5. The summed E-state index contributed by atoms with van der Waals surface area (Å²) in [5.41, 5.74) is 6.04. The first-order valence-electron chi connectivity index (χ1n) is 18.0. The summed E-state index contributed by atoms with van der Waals surface area (Å²) in [4.78, 5) is 33.5. The maximum Gasteiger partial charge on any atom is 0.238 e. The quantitative estimate of drug-likeness (QED) is 0.247. The first-order valence-corrected chi connectivity index (χ1v) is 18.0. The molecule has 1 amide bonds. The molecule has 1 aromatic carbocycles. The van der Waals surface area contributed by atoms with Gasteiger partial charge in [-0.25, -0.2) is 14.4 Å². The van der Waals surface area contributed by atoms with E-state index in [0.29, 0.717) is 23.2 Å². The predicted molar refractivity (Wildman–Crippen MR) is 186 cm³/mol. The minimum Gasteiger partial charge on any atom is -0.336 e.